The Hall–Kier alpha value is -6.66. The summed E-state index contributed by atoms with van der Waals surface area (Å²) in [4.78, 5) is 11.3. The summed E-state index contributed by atoms with van der Waals surface area (Å²) in [5, 5.41) is 2.49. The predicted octanol–water partition coefficient (Wildman–Crippen LogP) is 10.5. The van der Waals surface area contributed by atoms with Gasteiger partial charge in [-0.25, -0.2) is 9.97 Å². The van der Waals surface area contributed by atoms with Gasteiger partial charge in [0.25, 0.3) is 6.71 Å². The van der Waals surface area contributed by atoms with Gasteiger partial charge in [0.05, 0.1) is 38.8 Å². The van der Waals surface area contributed by atoms with Crippen molar-refractivity contribution >= 4 is 67.0 Å². The molecule has 278 valence electrons. The summed E-state index contributed by atoms with van der Waals surface area (Å²) in [7, 11) is 0. The number of imidazole rings is 2. The van der Waals surface area contributed by atoms with Crippen LogP contribution in [-0.4, -0.2) is 30.4 Å². The molecular weight excluding hydrogens is 705 g/mol. The van der Waals surface area contributed by atoms with E-state index >= 15 is 0 Å². The van der Waals surface area contributed by atoms with E-state index in [0.717, 1.165) is 50.9 Å². The maximum atomic E-state index is 5.67. The normalized spacial score (nSPS) is 13.3. The largest absolute Gasteiger partial charge is 0.309 e. The number of hydrogen-bond acceptors (Lipinski definition) is 2. The van der Waals surface area contributed by atoms with Crippen molar-refractivity contribution in [1.82, 2.24) is 23.7 Å². The second-order valence-electron chi connectivity index (χ2n) is 18.3. The quantitative estimate of drug-likeness (QED) is 0.169. The van der Waals surface area contributed by atoms with E-state index < -0.39 is 0 Å². The molecule has 0 spiro atoms. The van der Waals surface area contributed by atoms with Crippen molar-refractivity contribution in [2.75, 3.05) is 0 Å². The summed E-state index contributed by atoms with van der Waals surface area (Å²) in [5.74, 6) is 1.92. The van der Waals surface area contributed by atoms with Crippen LogP contribution in [0.4, 0.5) is 0 Å². The third-order valence-corrected chi connectivity index (χ3v) is 12.7. The zero-order valence-electron chi connectivity index (χ0n) is 33.7. The number of para-hydroxylation sites is 2. The molecule has 5 nitrogen and oxygen atoms in total. The average molecular weight is 748 g/mol. The molecule has 3 aromatic heterocycles. The van der Waals surface area contributed by atoms with Crippen LogP contribution in [0.25, 0.3) is 83.7 Å². The maximum Gasteiger partial charge on any atom is 0.252 e. The van der Waals surface area contributed by atoms with Crippen LogP contribution in [0.3, 0.4) is 0 Å². The predicted molar refractivity (Wildman–Crippen MR) is 243 cm³/mol. The van der Waals surface area contributed by atoms with Gasteiger partial charge in [-0.2, -0.15) is 0 Å². The van der Waals surface area contributed by atoms with Crippen molar-refractivity contribution in [3.05, 3.63) is 157 Å². The first-order valence-electron chi connectivity index (χ1n) is 20.5. The van der Waals surface area contributed by atoms with Gasteiger partial charge >= 0.3 is 0 Å². The highest BCUT2D eigenvalue weighted by Crippen LogP contribution is 2.42. The fourth-order valence-electron chi connectivity index (χ4n) is 10.2. The smallest absolute Gasteiger partial charge is 0.252 e. The standard InChI is InChI=1S/C52H42BN5/c1-51(2,3)36-25-27-38-47-45(36)54-49(31-17-9-7-10-18-31)57(47)42-29-33(56-40-23-15-13-21-34(40)35-22-14-16-24-41(35)56)30-43-44(42)53(38)39-28-26-37(52(4,5)6)46-48(39)58(43)50(55-46)32-19-11-8-12-20-32/h7-30H,1-6H3. The van der Waals surface area contributed by atoms with Crippen LogP contribution < -0.4 is 16.4 Å². The number of hydrogen-bond donors (Lipinski definition) is 0. The van der Waals surface area contributed by atoms with E-state index in [0.29, 0.717) is 0 Å². The van der Waals surface area contributed by atoms with Crippen LogP contribution in [0.2, 0.25) is 0 Å². The highest BCUT2D eigenvalue weighted by atomic mass is 15.1. The molecule has 10 aromatic rings. The molecule has 12 rings (SSSR count). The van der Waals surface area contributed by atoms with Crippen molar-refractivity contribution in [3.63, 3.8) is 0 Å². The van der Waals surface area contributed by atoms with Crippen molar-refractivity contribution < 1.29 is 0 Å². The molecule has 0 saturated heterocycles. The molecule has 5 heterocycles. The number of aromatic nitrogens is 5. The molecular formula is C52H42BN5. The van der Waals surface area contributed by atoms with Crippen molar-refractivity contribution in [1.29, 1.82) is 0 Å². The summed E-state index contributed by atoms with van der Waals surface area (Å²) < 4.78 is 7.45. The number of rotatable bonds is 3. The number of fused-ring (bicyclic) bond motifs is 7. The van der Waals surface area contributed by atoms with Crippen LogP contribution in [0.1, 0.15) is 52.7 Å². The van der Waals surface area contributed by atoms with E-state index in [4.69, 9.17) is 9.97 Å². The Labute approximate surface area is 338 Å². The van der Waals surface area contributed by atoms with Crippen molar-refractivity contribution in [3.8, 4) is 39.8 Å². The Kier molecular flexibility index (Phi) is 6.63. The Balaban J connectivity index is 1.32. The van der Waals surface area contributed by atoms with Gasteiger partial charge in [-0.15, -0.1) is 0 Å². The monoisotopic (exact) mass is 747 g/mol. The topological polar surface area (TPSA) is 40.6 Å². The average Bonchev–Trinajstić information content (AvgIpc) is 3.92. The maximum absolute atomic E-state index is 5.67. The molecule has 0 aliphatic carbocycles. The van der Waals surface area contributed by atoms with Gasteiger partial charge < -0.3 is 4.57 Å². The van der Waals surface area contributed by atoms with E-state index in [1.807, 2.05) is 0 Å². The van der Waals surface area contributed by atoms with Gasteiger partial charge in [-0.3, -0.25) is 9.13 Å². The van der Waals surface area contributed by atoms with Gasteiger partial charge in [-0.05, 0) is 62.6 Å². The van der Waals surface area contributed by atoms with Gasteiger partial charge in [0.2, 0.25) is 0 Å². The Morgan fingerprint density at radius 1 is 0.448 bits per heavy atom. The fraction of sp³-hybridized carbons (Fsp3) is 0.154. The number of nitrogens with zero attached hydrogens (tertiary/aromatic N) is 5. The highest BCUT2D eigenvalue weighted by Gasteiger charge is 2.43. The van der Waals surface area contributed by atoms with Crippen LogP contribution in [0, 0.1) is 0 Å². The second kappa shape index (κ2) is 11.5. The third-order valence-electron chi connectivity index (χ3n) is 12.7. The van der Waals surface area contributed by atoms with Gasteiger partial charge in [0.15, 0.2) is 0 Å². The summed E-state index contributed by atoms with van der Waals surface area (Å²) >= 11 is 0. The molecule has 0 bridgehead atoms. The first kappa shape index (κ1) is 33.5. The molecule has 0 unspecified atom stereocenters. The minimum Gasteiger partial charge on any atom is -0.309 e. The molecule has 0 radical (unpaired) electrons. The van der Waals surface area contributed by atoms with Gasteiger partial charge in [0, 0.05) is 33.3 Å². The lowest BCUT2D eigenvalue weighted by molar-refractivity contribution is 0.594. The lowest BCUT2D eigenvalue weighted by atomic mass is 9.34. The zero-order valence-corrected chi connectivity index (χ0v) is 33.7. The Morgan fingerprint density at radius 2 is 0.862 bits per heavy atom. The van der Waals surface area contributed by atoms with E-state index in [9.17, 15) is 0 Å². The molecule has 6 heteroatoms. The SMILES string of the molecule is CC(C)(C)c1ccc2c3c1nc(-c1ccccc1)n3-c1cc(-n3c4ccccc4c4ccccc43)cc3c1B2c1ccc(C(C)(C)C)c2nc(-c4ccccc4)n-3c12. The van der Waals surface area contributed by atoms with E-state index in [1.54, 1.807) is 0 Å². The lowest BCUT2D eigenvalue weighted by Crippen LogP contribution is -2.59. The van der Waals surface area contributed by atoms with E-state index in [2.05, 4.69) is 201 Å². The summed E-state index contributed by atoms with van der Waals surface area (Å²) in [6.45, 7) is 13.8. The first-order valence-corrected chi connectivity index (χ1v) is 20.5. The van der Waals surface area contributed by atoms with Crippen LogP contribution >= 0.6 is 0 Å². The molecule has 7 aromatic carbocycles. The van der Waals surface area contributed by atoms with Crippen LogP contribution in [0.15, 0.2) is 146 Å². The molecule has 2 aliphatic rings. The summed E-state index contributed by atoms with van der Waals surface area (Å²) in [6, 6.07) is 53.5. The van der Waals surface area contributed by atoms with Crippen molar-refractivity contribution in [2.45, 2.75) is 52.4 Å². The minimum atomic E-state index is -0.112. The third kappa shape index (κ3) is 4.43. The van der Waals surface area contributed by atoms with Gasteiger partial charge in [-0.1, -0.05) is 163 Å². The highest BCUT2D eigenvalue weighted by molar-refractivity contribution is 7.00. The van der Waals surface area contributed by atoms with Gasteiger partial charge in [0.1, 0.15) is 11.6 Å². The Morgan fingerprint density at radius 3 is 1.29 bits per heavy atom. The van der Waals surface area contributed by atoms with Crippen LogP contribution in [0.5, 0.6) is 0 Å². The Bertz CT molecular complexity index is 3130. The molecule has 0 atom stereocenters. The summed E-state index contributed by atoms with van der Waals surface area (Å²) in [5.41, 5.74) is 18.7. The van der Waals surface area contributed by atoms with Crippen LogP contribution in [-0.2, 0) is 10.8 Å². The molecule has 58 heavy (non-hydrogen) atoms. The molecule has 0 fully saturated rings. The minimum absolute atomic E-state index is 0.0223. The summed E-state index contributed by atoms with van der Waals surface area (Å²) in [6.07, 6.45) is 0. The van der Waals surface area contributed by atoms with E-state index in [-0.39, 0.29) is 17.5 Å². The molecule has 2 aliphatic heterocycles. The number of benzene rings is 7. The first-order chi connectivity index (χ1) is 28.1. The van der Waals surface area contributed by atoms with Crippen molar-refractivity contribution in [2.24, 2.45) is 0 Å². The second-order valence-corrected chi connectivity index (χ2v) is 18.3. The zero-order chi connectivity index (χ0) is 39.2. The molecule has 0 saturated carbocycles. The fourth-order valence-corrected chi connectivity index (χ4v) is 10.2. The van der Waals surface area contributed by atoms with E-state index in [1.165, 1.54) is 60.4 Å². The molecule has 0 N–H and O–H groups in total. The molecule has 0 amide bonds. The lowest BCUT2D eigenvalue weighted by Gasteiger charge is -2.35.